The van der Waals surface area contributed by atoms with Crippen molar-refractivity contribution in [2.45, 2.75) is 27.2 Å². The standard InChI is InChI=1S/C24H23ClO5S2/c25-20-7-5-4-6-18(10-13-20)19-11-14-22(15-12-19)32(29,30)17-24(28,23(26)27)16-31-21-8-2-1-3-9-21/h1-3,5-15,20,28H,4,16-17H2,(H,26,27)/b7-5?,13-10-,18-6+/t20?,24-/m1/s1. The summed E-state index contributed by atoms with van der Waals surface area (Å²) in [4.78, 5) is 12.4. The van der Waals surface area contributed by atoms with Crippen LogP contribution in [0.2, 0.25) is 0 Å². The third kappa shape index (κ3) is 6.36. The summed E-state index contributed by atoms with van der Waals surface area (Å²) in [5, 5.41) is 20.0. The lowest BCUT2D eigenvalue weighted by Crippen LogP contribution is -2.47. The lowest BCUT2D eigenvalue weighted by atomic mass is 10.0. The quantitative estimate of drug-likeness (QED) is 0.320. The average molecular weight is 491 g/mol. The fourth-order valence-corrected chi connectivity index (χ4v) is 5.94. The van der Waals surface area contributed by atoms with Crippen LogP contribution in [0.3, 0.4) is 0 Å². The lowest BCUT2D eigenvalue weighted by Gasteiger charge is -2.23. The second-order valence-electron chi connectivity index (χ2n) is 7.35. The molecule has 0 radical (unpaired) electrons. The van der Waals surface area contributed by atoms with Crippen molar-refractivity contribution < 1.29 is 23.4 Å². The van der Waals surface area contributed by atoms with Crippen molar-refractivity contribution in [3.8, 4) is 0 Å². The van der Waals surface area contributed by atoms with E-state index in [1.165, 1.54) is 12.1 Å². The summed E-state index contributed by atoms with van der Waals surface area (Å²) in [7, 11) is -4.05. The number of carbonyl (C=O) groups is 1. The van der Waals surface area contributed by atoms with Gasteiger partial charge in [0.05, 0.1) is 16.0 Å². The number of hydrogen-bond acceptors (Lipinski definition) is 5. The Morgan fingerprint density at radius 2 is 1.78 bits per heavy atom. The molecule has 1 aliphatic rings. The van der Waals surface area contributed by atoms with Crippen molar-refractivity contribution in [3.05, 3.63) is 90.5 Å². The van der Waals surface area contributed by atoms with Crippen LogP contribution in [-0.2, 0) is 14.6 Å². The zero-order valence-corrected chi connectivity index (χ0v) is 19.5. The highest BCUT2D eigenvalue weighted by Crippen LogP contribution is 2.27. The molecular weight excluding hydrogens is 468 g/mol. The maximum Gasteiger partial charge on any atom is 0.337 e. The number of carboxylic acid groups (broad SMARTS) is 1. The van der Waals surface area contributed by atoms with Gasteiger partial charge in [0.1, 0.15) is 0 Å². The molecule has 2 atom stereocenters. The van der Waals surface area contributed by atoms with Gasteiger partial charge in [-0.2, -0.15) is 0 Å². The minimum atomic E-state index is -4.05. The second kappa shape index (κ2) is 10.5. The molecule has 2 aromatic rings. The van der Waals surface area contributed by atoms with Gasteiger partial charge in [0, 0.05) is 10.6 Å². The van der Waals surface area contributed by atoms with E-state index in [2.05, 4.69) is 0 Å². The van der Waals surface area contributed by atoms with Crippen LogP contribution in [0.15, 0.2) is 94.8 Å². The molecule has 0 bridgehead atoms. The number of alkyl halides is 1. The number of carboxylic acids is 1. The van der Waals surface area contributed by atoms with Gasteiger partial charge >= 0.3 is 5.97 Å². The van der Waals surface area contributed by atoms with Gasteiger partial charge in [0.2, 0.25) is 0 Å². The molecule has 0 heterocycles. The van der Waals surface area contributed by atoms with Gasteiger partial charge in [0.15, 0.2) is 15.4 Å². The van der Waals surface area contributed by atoms with Crippen LogP contribution in [0.1, 0.15) is 12.0 Å². The Kier molecular flexibility index (Phi) is 8.00. The first-order valence-corrected chi connectivity index (χ1v) is 12.9. The zero-order chi connectivity index (χ0) is 23.2. The number of sulfone groups is 1. The molecule has 0 saturated carbocycles. The molecule has 1 aliphatic carbocycles. The van der Waals surface area contributed by atoms with Gasteiger partial charge in [-0.15, -0.1) is 23.4 Å². The first-order chi connectivity index (χ1) is 15.2. The minimum Gasteiger partial charge on any atom is -0.479 e. The molecule has 0 amide bonds. The number of hydrogen-bond donors (Lipinski definition) is 2. The van der Waals surface area contributed by atoms with Crippen LogP contribution in [0.4, 0.5) is 0 Å². The van der Waals surface area contributed by atoms with E-state index in [0.717, 1.165) is 27.8 Å². The van der Waals surface area contributed by atoms with Gasteiger partial charge < -0.3 is 10.2 Å². The Morgan fingerprint density at radius 3 is 2.44 bits per heavy atom. The summed E-state index contributed by atoms with van der Waals surface area (Å²) in [5.41, 5.74) is -0.706. The maximum atomic E-state index is 12.9. The highest BCUT2D eigenvalue weighted by molar-refractivity contribution is 7.99. The molecule has 168 valence electrons. The number of rotatable bonds is 8. The highest BCUT2D eigenvalue weighted by atomic mass is 35.5. The van der Waals surface area contributed by atoms with E-state index >= 15 is 0 Å². The third-order valence-corrected chi connectivity index (χ3v) is 8.21. The normalized spacial score (nSPS) is 20.9. The Balaban J connectivity index is 1.78. The molecule has 2 N–H and O–H groups in total. The summed E-state index contributed by atoms with van der Waals surface area (Å²) >= 11 is 7.22. The Morgan fingerprint density at radius 1 is 1.09 bits per heavy atom. The number of halogens is 1. The average Bonchev–Trinajstić information content (AvgIpc) is 2.76. The lowest BCUT2D eigenvalue weighted by molar-refractivity contribution is -0.153. The topological polar surface area (TPSA) is 91.7 Å². The highest BCUT2D eigenvalue weighted by Gasteiger charge is 2.41. The van der Waals surface area contributed by atoms with E-state index in [1.54, 1.807) is 36.4 Å². The van der Waals surface area contributed by atoms with Crippen LogP contribution in [0, 0.1) is 0 Å². The van der Waals surface area contributed by atoms with E-state index in [4.69, 9.17) is 11.6 Å². The summed E-state index contributed by atoms with van der Waals surface area (Å²) in [6, 6.07) is 15.1. The first-order valence-electron chi connectivity index (χ1n) is 9.85. The zero-order valence-electron chi connectivity index (χ0n) is 17.1. The molecule has 0 aliphatic heterocycles. The summed E-state index contributed by atoms with van der Waals surface area (Å²) in [5.74, 6) is -2.79. The van der Waals surface area contributed by atoms with Crippen LogP contribution in [0.5, 0.6) is 0 Å². The number of benzene rings is 2. The van der Waals surface area contributed by atoms with E-state index in [9.17, 15) is 23.4 Å². The van der Waals surface area contributed by atoms with Crippen LogP contribution < -0.4 is 0 Å². The van der Waals surface area contributed by atoms with Crippen LogP contribution in [-0.4, -0.2) is 47.1 Å². The van der Waals surface area contributed by atoms with Crippen molar-refractivity contribution in [1.29, 1.82) is 0 Å². The SMILES string of the molecule is O=C(O)[C@@](O)(CSc1ccccc1)CS(=O)(=O)c1ccc(C2=C/CC=CC(Cl)/C=C\2)cc1. The van der Waals surface area contributed by atoms with Crippen molar-refractivity contribution in [2.24, 2.45) is 0 Å². The van der Waals surface area contributed by atoms with Crippen molar-refractivity contribution in [2.75, 3.05) is 11.5 Å². The van der Waals surface area contributed by atoms with Crippen LogP contribution in [0.25, 0.3) is 5.57 Å². The van der Waals surface area contributed by atoms with Crippen molar-refractivity contribution in [1.82, 2.24) is 0 Å². The molecule has 8 heteroatoms. The Bertz CT molecular complexity index is 1140. The molecule has 1 unspecified atom stereocenters. The molecule has 0 aromatic heterocycles. The fraction of sp³-hybridized carbons (Fsp3) is 0.208. The van der Waals surface area contributed by atoms with E-state index < -0.39 is 27.2 Å². The van der Waals surface area contributed by atoms with E-state index in [1.807, 2.05) is 36.4 Å². The smallest absolute Gasteiger partial charge is 0.337 e. The molecule has 0 saturated heterocycles. The Labute approximate surface area is 197 Å². The van der Waals surface area contributed by atoms with Gasteiger partial charge in [-0.05, 0) is 41.8 Å². The van der Waals surface area contributed by atoms with Gasteiger partial charge in [-0.25, -0.2) is 13.2 Å². The fourth-order valence-electron chi connectivity index (χ4n) is 3.08. The largest absolute Gasteiger partial charge is 0.479 e. The third-order valence-electron chi connectivity index (χ3n) is 4.85. The summed E-state index contributed by atoms with van der Waals surface area (Å²) < 4.78 is 25.8. The molecule has 3 rings (SSSR count). The first kappa shape index (κ1) is 24.3. The van der Waals surface area contributed by atoms with Gasteiger partial charge in [-0.3, -0.25) is 0 Å². The monoisotopic (exact) mass is 490 g/mol. The molecule has 2 aromatic carbocycles. The molecule has 5 nitrogen and oxygen atoms in total. The maximum absolute atomic E-state index is 12.9. The number of allylic oxidation sites excluding steroid dienone is 6. The number of thioether (sulfide) groups is 1. The summed E-state index contributed by atoms with van der Waals surface area (Å²) in [6.45, 7) is 0. The molecule has 0 spiro atoms. The Hall–Kier alpha value is -2.32. The minimum absolute atomic E-state index is 0.0452. The van der Waals surface area contributed by atoms with Crippen LogP contribution >= 0.6 is 23.4 Å². The number of aliphatic carboxylic acids is 1. The van der Waals surface area contributed by atoms with Gasteiger partial charge in [0.25, 0.3) is 0 Å². The predicted molar refractivity (Wildman–Crippen MR) is 129 cm³/mol. The van der Waals surface area contributed by atoms with Crippen molar-refractivity contribution in [3.63, 3.8) is 0 Å². The van der Waals surface area contributed by atoms with Gasteiger partial charge in [-0.1, -0.05) is 60.7 Å². The molecule has 0 fully saturated rings. The van der Waals surface area contributed by atoms with Crippen molar-refractivity contribution >= 4 is 44.7 Å². The van der Waals surface area contributed by atoms with E-state index in [0.29, 0.717) is 6.42 Å². The summed E-state index contributed by atoms with van der Waals surface area (Å²) in [6.07, 6.45) is 10.3. The number of aliphatic hydroxyl groups is 1. The second-order valence-corrected chi connectivity index (χ2v) is 10.9. The van der Waals surface area contributed by atoms with E-state index in [-0.39, 0.29) is 16.0 Å². The molecular formula is C24H23ClO5S2. The molecule has 32 heavy (non-hydrogen) atoms. The predicted octanol–water partition coefficient (Wildman–Crippen LogP) is 4.58.